The predicted octanol–water partition coefficient (Wildman–Crippen LogP) is 4.35. The van der Waals surface area contributed by atoms with Gasteiger partial charge in [-0.15, -0.1) is 5.10 Å². The minimum absolute atomic E-state index is 0.0574. The monoisotopic (exact) mass is 462 g/mol. The highest BCUT2D eigenvalue weighted by Crippen LogP contribution is 2.40. The van der Waals surface area contributed by atoms with Gasteiger partial charge in [-0.1, -0.05) is 29.5 Å². The Balaban J connectivity index is 1.22. The van der Waals surface area contributed by atoms with Gasteiger partial charge in [0.05, 0.1) is 13.7 Å². The summed E-state index contributed by atoms with van der Waals surface area (Å²) >= 11 is 0. The number of carboxylic acids is 1. The molecule has 0 unspecified atom stereocenters. The van der Waals surface area contributed by atoms with E-state index in [1.54, 1.807) is 7.11 Å². The largest absolute Gasteiger partial charge is 0.497 e. The van der Waals surface area contributed by atoms with Gasteiger partial charge in [-0.2, -0.15) is 0 Å². The average Bonchev–Trinajstić information content (AvgIpc) is 3.24. The molecule has 3 aromatic rings. The lowest BCUT2D eigenvalue weighted by Crippen LogP contribution is -2.33. The molecule has 1 aliphatic carbocycles. The molecule has 0 bridgehead atoms. The number of hydrogen-bond donors (Lipinski definition) is 1. The van der Waals surface area contributed by atoms with Crippen LogP contribution in [0, 0.1) is 0 Å². The number of aromatic carboxylic acids is 1. The Morgan fingerprint density at radius 3 is 2.38 bits per heavy atom. The summed E-state index contributed by atoms with van der Waals surface area (Å²) in [7, 11) is 1.62. The van der Waals surface area contributed by atoms with Crippen molar-refractivity contribution in [2.24, 2.45) is 0 Å². The van der Waals surface area contributed by atoms with Crippen molar-refractivity contribution in [2.45, 2.75) is 50.7 Å². The van der Waals surface area contributed by atoms with E-state index in [0.29, 0.717) is 12.5 Å². The molecule has 1 saturated carbocycles. The summed E-state index contributed by atoms with van der Waals surface area (Å²) in [5.41, 5.74) is 3.41. The van der Waals surface area contributed by atoms with Crippen molar-refractivity contribution in [1.29, 1.82) is 0 Å². The highest BCUT2D eigenvalue weighted by molar-refractivity contribution is 5.87. The number of methoxy groups -OCH3 is 1. The molecule has 0 amide bonds. The standard InChI is InChI=1S/C26H30N4O4/c1-33-22-11-5-18(6-12-22)17-30-25(24(26(31)32)27-28-30)34-23-15-20(16-23)19-7-9-21(10-8-19)29-13-3-2-4-14-29/h5-12,20,23H,2-4,13-17H2,1H3,(H,31,32)/t20-,23-. The second-order valence-electron chi connectivity index (χ2n) is 9.10. The number of aromatic nitrogens is 3. The Morgan fingerprint density at radius 1 is 1.03 bits per heavy atom. The van der Waals surface area contributed by atoms with Crippen LogP contribution in [0.2, 0.25) is 0 Å². The second kappa shape index (κ2) is 9.75. The van der Waals surface area contributed by atoms with E-state index in [9.17, 15) is 9.90 Å². The van der Waals surface area contributed by atoms with Crippen LogP contribution in [0.1, 0.15) is 59.6 Å². The van der Waals surface area contributed by atoms with Crippen molar-refractivity contribution < 1.29 is 19.4 Å². The van der Waals surface area contributed by atoms with Gasteiger partial charge in [0.1, 0.15) is 11.9 Å². The molecular formula is C26H30N4O4. The Bertz CT molecular complexity index is 1110. The number of carboxylic acid groups (broad SMARTS) is 1. The Labute approximate surface area is 199 Å². The zero-order chi connectivity index (χ0) is 23.5. The summed E-state index contributed by atoms with van der Waals surface area (Å²) in [6.45, 7) is 2.65. The van der Waals surface area contributed by atoms with Crippen LogP contribution in [0.3, 0.4) is 0 Å². The van der Waals surface area contributed by atoms with Crippen molar-refractivity contribution in [1.82, 2.24) is 15.0 Å². The smallest absolute Gasteiger partial charge is 0.362 e. The van der Waals surface area contributed by atoms with E-state index in [4.69, 9.17) is 9.47 Å². The number of piperidine rings is 1. The van der Waals surface area contributed by atoms with Crippen LogP contribution in [0.5, 0.6) is 11.6 Å². The molecule has 2 aliphatic rings. The quantitative estimate of drug-likeness (QED) is 0.532. The number of hydrogen-bond acceptors (Lipinski definition) is 6. The molecule has 2 fully saturated rings. The van der Waals surface area contributed by atoms with Crippen LogP contribution in [0.25, 0.3) is 0 Å². The minimum atomic E-state index is -1.14. The topological polar surface area (TPSA) is 89.7 Å². The van der Waals surface area contributed by atoms with Crippen molar-refractivity contribution in [3.05, 3.63) is 65.4 Å². The third-order valence-electron chi connectivity index (χ3n) is 6.84. The maximum atomic E-state index is 11.7. The fourth-order valence-electron chi connectivity index (χ4n) is 4.76. The predicted molar refractivity (Wildman–Crippen MR) is 128 cm³/mol. The minimum Gasteiger partial charge on any atom is -0.497 e. The first-order chi connectivity index (χ1) is 16.6. The third kappa shape index (κ3) is 4.71. The maximum absolute atomic E-state index is 11.7. The van der Waals surface area contributed by atoms with Crippen LogP contribution in [-0.4, -0.2) is 52.4 Å². The zero-order valence-electron chi connectivity index (χ0n) is 19.4. The molecule has 178 valence electrons. The van der Waals surface area contributed by atoms with E-state index < -0.39 is 5.97 Å². The fourth-order valence-corrected chi connectivity index (χ4v) is 4.76. The summed E-state index contributed by atoms with van der Waals surface area (Å²) in [5.74, 6) is 0.251. The summed E-state index contributed by atoms with van der Waals surface area (Å²) in [6, 6.07) is 16.5. The van der Waals surface area contributed by atoms with E-state index >= 15 is 0 Å². The SMILES string of the molecule is COc1ccc(Cn2nnc(C(=O)O)c2O[C@H]2C[C@H](c3ccc(N4CCCCC4)cc3)C2)cc1. The first-order valence-electron chi connectivity index (χ1n) is 11.9. The molecule has 1 saturated heterocycles. The van der Waals surface area contributed by atoms with E-state index in [1.807, 2.05) is 24.3 Å². The van der Waals surface area contributed by atoms with Crippen molar-refractivity contribution in [3.8, 4) is 11.6 Å². The molecule has 2 heterocycles. The van der Waals surface area contributed by atoms with Crippen LogP contribution in [0.4, 0.5) is 5.69 Å². The second-order valence-corrected chi connectivity index (χ2v) is 9.10. The molecule has 5 rings (SSSR count). The maximum Gasteiger partial charge on any atom is 0.362 e. The summed E-state index contributed by atoms with van der Waals surface area (Å²) in [6.07, 6.45) is 5.50. The summed E-state index contributed by atoms with van der Waals surface area (Å²) < 4.78 is 12.8. The van der Waals surface area contributed by atoms with Gasteiger partial charge in [0, 0.05) is 18.8 Å². The molecule has 0 radical (unpaired) electrons. The molecule has 1 N–H and O–H groups in total. The van der Waals surface area contributed by atoms with Gasteiger partial charge in [-0.05, 0) is 73.4 Å². The lowest BCUT2D eigenvalue weighted by molar-refractivity contribution is 0.0652. The van der Waals surface area contributed by atoms with Crippen LogP contribution >= 0.6 is 0 Å². The average molecular weight is 463 g/mol. The number of benzene rings is 2. The first kappa shape index (κ1) is 22.3. The fraction of sp³-hybridized carbons (Fsp3) is 0.423. The van der Waals surface area contributed by atoms with Crippen molar-refractivity contribution >= 4 is 11.7 Å². The number of nitrogens with zero attached hydrogens (tertiary/aromatic N) is 4. The van der Waals surface area contributed by atoms with Crippen LogP contribution in [0.15, 0.2) is 48.5 Å². The summed E-state index contributed by atoms with van der Waals surface area (Å²) in [5, 5.41) is 17.5. The van der Waals surface area contributed by atoms with E-state index in [2.05, 4.69) is 39.5 Å². The molecule has 8 heteroatoms. The van der Waals surface area contributed by atoms with Gasteiger partial charge in [-0.3, -0.25) is 0 Å². The summed E-state index contributed by atoms with van der Waals surface area (Å²) in [4.78, 5) is 14.2. The number of carbonyl (C=O) groups is 1. The zero-order valence-corrected chi connectivity index (χ0v) is 19.4. The molecular weight excluding hydrogens is 432 g/mol. The van der Waals surface area contributed by atoms with E-state index in [1.165, 1.54) is 35.2 Å². The first-order valence-corrected chi connectivity index (χ1v) is 11.9. The highest BCUT2D eigenvalue weighted by Gasteiger charge is 2.34. The van der Waals surface area contributed by atoms with E-state index in [-0.39, 0.29) is 17.7 Å². The lowest BCUT2D eigenvalue weighted by atomic mass is 9.77. The molecule has 1 aromatic heterocycles. The molecule has 1 aliphatic heterocycles. The lowest BCUT2D eigenvalue weighted by Gasteiger charge is -2.36. The van der Waals surface area contributed by atoms with Gasteiger partial charge in [0.15, 0.2) is 0 Å². The Morgan fingerprint density at radius 2 is 1.74 bits per heavy atom. The Hall–Kier alpha value is -3.55. The van der Waals surface area contributed by atoms with Gasteiger partial charge >= 0.3 is 5.97 Å². The van der Waals surface area contributed by atoms with Crippen molar-refractivity contribution in [2.75, 3.05) is 25.1 Å². The van der Waals surface area contributed by atoms with Crippen LogP contribution < -0.4 is 14.4 Å². The number of ether oxygens (including phenoxy) is 2. The highest BCUT2D eigenvalue weighted by atomic mass is 16.5. The van der Waals surface area contributed by atoms with Crippen LogP contribution in [-0.2, 0) is 6.54 Å². The Kier molecular flexibility index (Phi) is 6.38. The molecule has 34 heavy (non-hydrogen) atoms. The molecule has 8 nitrogen and oxygen atoms in total. The number of rotatable bonds is 8. The molecule has 2 aromatic carbocycles. The number of anilines is 1. The molecule has 0 spiro atoms. The van der Waals surface area contributed by atoms with Gasteiger partial charge in [0.25, 0.3) is 0 Å². The van der Waals surface area contributed by atoms with Gasteiger partial charge in [-0.25, -0.2) is 9.48 Å². The normalized spacial score (nSPS) is 20.0. The van der Waals surface area contributed by atoms with E-state index in [0.717, 1.165) is 37.2 Å². The van der Waals surface area contributed by atoms with Gasteiger partial charge < -0.3 is 19.5 Å². The third-order valence-corrected chi connectivity index (χ3v) is 6.84. The van der Waals surface area contributed by atoms with Gasteiger partial charge in [0.2, 0.25) is 11.6 Å². The molecule has 0 atom stereocenters. The van der Waals surface area contributed by atoms with Crippen molar-refractivity contribution in [3.63, 3.8) is 0 Å².